The van der Waals surface area contributed by atoms with E-state index < -0.39 is 20.0 Å². The summed E-state index contributed by atoms with van der Waals surface area (Å²) in [5.41, 5.74) is 5.35. The van der Waals surface area contributed by atoms with Gasteiger partial charge in [0.1, 0.15) is 0 Å². The van der Waals surface area contributed by atoms with Gasteiger partial charge in [-0.2, -0.15) is 0 Å². The Morgan fingerprint density at radius 1 is 0.653 bits per heavy atom. The highest BCUT2D eigenvalue weighted by Gasteiger charge is 2.26. The molecule has 0 aromatic rings. The van der Waals surface area contributed by atoms with Crippen LogP contribution in [0.4, 0.5) is 0 Å². The Balaban J connectivity index is 4.39. The summed E-state index contributed by atoms with van der Waals surface area (Å²) in [7, 11) is -4.35. The number of amides is 1. The van der Waals surface area contributed by atoms with Crippen molar-refractivity contribution < 1.29 is 28.4 Å². The van der Waals surface area contributed by atoms with Gasteiger partial charge in [0.25, 0.3) is 0 Å². The van der Waals surface area contributed by atoms with Gasteiger partial charge in [0.15, 0.2) is 0 Å². The van der Waals surface area contributed by atoms with Crippen molar-refractivity contribution in [2.45, 2.75) is 180 Å². The molecule has 0 aromatic carbocycles. The minimum atomic E-state index is -4.35. The maximum absolute atomic E-state index is 12.7. The fourth-order valence-electron chi connectivity index (χ4n) is 5.33. The fourth-order valence-corrected chi connectivity index (χ4v) is 6.09. The van der Waals surface area contributed by atoms with Crippen LogP contribution in [-0.4, -0.2) is 47.8 Å². The molecule has 8 nitrogen and oxygen atoms in total. The number of allylic oxidation sites excluding steroid dienone is 7. The van der Waals surface area contributed by atoms with Crippen molar-refractivity contribution in [3.05, 3.63) is 48.6 Å². The molecule has 0 aliphatic heterocycles. The van der Waals surface area contributed by atoms with Gasteiger partial charge < -0.3 is 21.1 Å². The molecule has 49 heavy (non-hydrogen) atoms. The Morgan fingerprint density at radius 3 is 1.57 bits per heavy atom. The first kappa shape index (κ1) is 47.5. The topological polar surface area (TPSA) is 131 Å². The highest BCUT2D eigenvalue weighted by Crippen LogP contribution is 2.43. The third-order valence-corrected chi connectivity index (χ3v) is 9.34. The summed E-state index contributed by atoms with van der Waals surface area (Å²) in [6, 6.07) is -0.886. The smallest absolute Gasteiger partial charge is 0.387 e. The molecule has 1 amide bonds. The number of rotatable bonds is 36. The molecule has 0 aliphatic carbocycles. The van der Waals surface area contributed by atoms with Crippen LogP contribution in [0.1, 0.15) is 168 Å². The van der Waals surface area contributed by atoms with Crippen LogP contribution >= 0.6 is 7.82 Å². The second kappa shape index (κ2) is 36.3. The Hall–Kier alpha value is -1.54. The molecule has 3 atom stereocenters. The van der Waals surface area contributed by atoms with Crippen LogP contribution in [0.5, 0.6) is 0 Å². The van der Waals surface area contributed by atoms with Crippen molar-refractivity contribution in [1.82, 2.24) is 5.32 Å². The quantitative estimate of drug-likeness (QED) is 0.0289. The number of phosphoric ester groups is 1. The lowest BCUT2D eigenvalue weighted by atomic mass is 10.1. The molecular formula is C40H75N2O6P. The van der Waals surface area contributed by atoms with Crippen molar-refractivity contribution in [1.29, 1.82) is 0 Å². The molecule has 0 radical (unpaired) electrons. The zero-order chi connectivity index (χ0) is 36.1. The lowest BCUT2D eigenvalue weighted by molar-refractivity contribution is -0.123. The minimum Gasteiger partial charge on any atom is -0.387 e. The van der Waals surface area contributed by atoms with E-state index in [4.69, 9.17) is 14.8 Å². The molecule has 286 valence electrons. The predicted molar refractivity (Wildman–Crippen MR) is 207 cm³/mol. The van der Waals surface area contributed by atoms with Crippen molar-refractivity contribution in [3.63, 3.8) is 0 Å². The Kier molecular flexibility index (Phi) is 35.1. The Morgan fingerprint density at radius 2 is 1.08 bits per heavy atom. The fraction of sp³-hybridized carbons (Fsp3) is 0.775. The van der Waals surface area contributed by atoms with E-state index in [0.29, 0.717) is 6.42 Å². The van der Waals surface area contributed by atoms with Crippen LogP contribution in [0.3, 0.4) is 0 Å². The molecule has 0 rings (SSSR count). The van der Waals surface area contributed by atoms with Crippen LogP contribution in [-0.2, 0) is 18.4 Å². The summed E-state index contributed by atoms with van der Waals surface area (Å²) < 4.78 is 22.0. The summed E-state index contributed by atoms with van der Waals surface area (Å²) >= 11 is 0. The second-order valence-corrected chi connectivity index (χ2v) is 14.6. The van der Waals surface area contributed by atoms with Gasteiger partial charge in [0.05, 0.1) is 25.4 Å². The molecule has 0 bridgehead atoms. The monoisotopic (exact) mass is 711 g/mol. The van der Waals surface area contributed by atoms with Gasteiger partial charge in [0, 0.05) is 13.0 Å². The third kappa shape index (κ3) is 34.7. The number of hydrogen-bond donors (Lipinski definition) is 4. The van der Waals surface area contributed by atoms with Crippen LogP contribution in [0, 0.1) is 0 Å². The number of unbranched alkanes of at least 4 members (excludes halogenated alkanes) is 18. The number of hydrogen-bond acceptors (Lipinski definition) is 6. The van der Waals surface area contributed by atoms with E-state index >= 15 is 0 Å². The molecule has 0 fully saturated rings. The summed E-state index contributed by atoms with van der Waals surface area (Å²) in [4.78, 5) is 22.6. The number of nitrogens with two attached hydrogens (primary N) is 1. The highest BCUT2D eigenvalue weighted by molar-refractivity contribution is 7.47. The minimum absolute atomic E-state index is 0.0692. The zero-order valence-electron chi connectivity index (χ0n) is 31.4. The lowest BCUT2D eigenvalue weighted by Gasteiger charge is -2.23. The average molecular weight is 711 g/mol. The zero-order valence-corrected chi connectivity index (χ0v) is 32.3. The maximum atomic E-state index is 12.7. The lowest BCUT2D eigenvalue weighted by Crippen LogP contribution is -2.45. The van der Waals surface area contributed by atoms with Crippen LogP contribution in [0.2, 0.25) is 0 Å². The molecule has 0 saturated heterocycles. The maximum Gasteiger partial charge on any atom is 0.472 e. The van der Waals surface area contributed by atoms with E-state index in [0.717, 1.165) is 64.2 Å². The Labute approximate surface area is 301 Å². The van der Waals surface area contributed by atoms with Gasteiger partial charge in [-0.05, 0) is 70.6 Å². The summed E-state index contributed by atoms with van der Waals surface area (Å²) in [6.45, 7) is 4.06. The van der Waals surface area contributed by atoms with E-state index in [1.165, 1.54) is 83.5 Å². The number of phosphoric acid groups is 1. The molecule has 0 saturated carbocycles. The van der Waals surface area contributed by atoms with Gasteiger partial charge in [0.2, 0.25) is 5.91 Å². The molecular weight excluding hydrogens is 635 g/mol. The van der Waals surface area contributed by atoms with E-state index in [1.807, 2.05) is 6.08 Å². The molecule has 5 N–H and O–H groups in total. The van der Waals surface area contributed by atoms with E-state index in [2.05, 4.69) is 55.6 Å². The summed E-state index contributed by atoms with van der Waals surface area (Å²) in [6.07, 6.45) is 43.0. The van der Waals surface area contributed by atoms with Crippen LogP contribution < -0.4 is 11.1 Å². The molecule has 3 unspecified atom stereocenters. The van der Waals surface area contributed by atoms with Crippen molar-refractivity contribution in [2.24, 2.45) is 5.73 Å². The van der Waals surface area contributed by atoms with Crippen molar-refractivity contribution in [3.8, 4) is 0 Å². The first-order valence-corrected chi connectivity index (χ1v) is 21.3. The molecule has 0 aliphatic rings. The summed E-state index contributed by atoms with van der Waals surface area (Å²) in [5.74, 6) is -0.220. The van der Waals surface area contributed by atoms with Crippen LogP contribution in [0.25, 0.3) is 0 Å². The number of aliphatic hydroxyl groups is 1. The Bertz CT molecular complexity index is 907. The second-order valence-electron chi connectivity index (χ2n) is 13.1. The van der Waals surface area contributed by atoms with Gasteiger partial charge in [-0.15, -0.1) is 0 Å². The van der Waals surface area contributed by atoms with Gasteiger partial charge in [-0.1, -0.05) is 140 Å². The molecule has 0 spiro atoms. The van der Waals surface area contributed by atoms with E-state index in [9.17, 15) is 19.4 Å². The van der Waals surface area contributed by atoms with Gasteiger partial charge >= 0.3 is 7.82 Å². The average Bonchev–Trinajstić information content (AvgIpc) is 3.09. The van der Waals surface area contributed by atoms with Crippen molar-refractivity contribution in [2.75, 3.05) is 19.8 Å². The SMILES string of the molecule is CCCCCCC/C=C/CC/C=C/CC/C=C/C(O)C(COP(=O)(O)OCCN)NC(=O)CCCCCCC/C=C\CCCCCCCC. The molecule has 0 aromatic heterocycles. The first-order chi connectivity index (χ1) is 23.9. The summed E-state index contributed by atoms with van der Waals surface area (Å²) in [5, 5.41) is 13.6. The first-order valence-electron chi connectivity index (χ1n) is 19.8. The number of carbonyl (C=O) groups is 1. The van der Waals surface area contributed by atoms with Crippen LogP contribution in [0.15, 0.2) is 48.6 Å². The largest absolute Gasteiger partial charge is 0.472 e. The highest BCUT2D eigenvalue weighted by atomic mass is 31.2. The normalized spacial score (nSPS) is 14.8. The van der Waals surface area contributed by atoms with Gasteiger partial charge in [-0.3, -0.25) is 13.8 Å². The van der Waals surface area contributed by atoms with Gasteiger partial charge in [-0.25, -0.2) is 4.57 Å². The number of carbonyl (C=O) groups excluding carboxylic acids is 1. The predicted octanol–water partition coefficient (Wildman–Crippen LogP) is 10.6. The van der Waals surface area contributed by atoms with Crippen molar-refractivity contribution >= 4 is 13.7 Å². The molecule has 9 heteroatoms. The van der Waals surface area contributed by atoms with E-state index in [-0.39, 0.29) is 25.7 Å². The number of nitrogens with one attached hydrogen (secondary N) is 1. The third-order valence-electron chi connectivity index (χ3n) is 8.35. The standard InChI is InChI=1S/C40H75N2O6P/c1-3-5-7-9-11-13-15-17-19-21-23-25-27-29-31-33-39(43)38(37-48-49(45,46)47-36-35-41)42-40(44)34-32-30-28-26-24-22-20-18-16-14-12-10-8-6-4-2/h15,17-18,20,23,25,31,33,38-39,43H,3-14,16,19,21-22,24,26-30,32,34-37,41H2,1-2H3,(H,42,44)(H,45,46)/b17-15+,20-18-,25-23+,33-31+. The van der Waals surface area contributed by atoms with E-state index in [1.54, 1.807) is 6.08 Å². The molecule has 0 heterocycles. The number of aliphatic hydroxyl groups excluding tert-OH is 1.